The molecule has 0 saturated heterocycles. The molecule has 1 aromatic rings. The van der Waals surface area contributed by atoms with Gasteiger partial charge in [0.05, 0.1) is 4.90 Å². The van der Waals surface area contributed by atoms with Crippen molar-refractivity contribution in [1.82, 2.24) is 4.72 Å². The van der Waals surface area contributed by atoms with Crippen molar-refractivity contribution in [3.63, 3.8) is 0 Å². The molecule has 19 heavy (non-hydrogen) atoms. The predicted molar refractivity (Wildman–Crippen MR) is 77.6 cm³/mol. The number of aryl methyl sites for hydroxylation is 1. The molecular formula is C14H22N2O2S. The lowest BCUT2D eigenvalue weighted by Gasteiger charge is -2.16. The molecule has 106 valence electrons. The number of hydrogen-bond donors (Lipinski definition) is 2. The maximum absolute atomic E-state index is 12.5. The highest BCUT2D eigenvalue weighted by Gasteiger charge is 2.39. The van der Waals surface area contributed by atoms with Crippen LogP contribution in [0.5, 0.6) is 0 Å². The van der Waals surface area contributed by atoms with Gasteiger partial charge in [-0.2, -0.15) is 0 Å². The highest BCUT2D eigenvalue weighted by atomic mass is 32.2. The number of benzene rings is 1. The topological polar surface area (TPSA) is 72.2 Å². The third-order valence-corrected chi connectivity index (χ3v) is 5.86. The monoisotopic (exact) mass is 282 g/mol. The number of anilines is 1. The van der Waals surface area contributed by atoms with E-state index in [9.17, 15) is 8.42 Å². The molecule has 0 aliphatic heterocycles. The van der Waals surface area contributed by atoms with Crippen molar-refractivity contribution in [1.29, 1.82) is 0 Å². The van der Waals surface area contributed by atoms with Gasteiger partial charge in [-0.05, 0) is 55.9 Å². The molecule has 5 heteroatoms. The molecule has 0 amide bonds. The average Bonchev–Trinajstić information content (AvgIpc) is 3.04. The SMILES string of the molecule is CCC1CC1NS(=O)(=O)c1c(C)c(C)cc(N)c1C. The largest absolute Gasteiger partial charge is 0.398 e. The van der Waals surface area contributed by atoms with Gasteiger partial charge in [-0.15, -0.1) is 0 Å². The summed E-state index contributed by atoms with van der Waals surface area (Å²) in [5.74, 6) is 0.484. The van der Waals surface area contributed by atoms with Gasteiger partial charge in [0.1, 0.15) is 0 Å². The zero-order chi connectivity index (χ0) is 14.4. The van der Waals surface area contributed by atoms with E-state index in [0.29, 0.717) is 22.1 Å². The van der Waals surface area contributed by atoms with Crippen molar-refractivity contribution < 1.29 is 8.42 Å². The van der Waals surface area contributed by atoms with Gasteiger partial charge in [0, 0.05) is 11.7 Å². The highest BCUT2D eigenvalue weighted by Crippen LogP contribution is 2.36. The fourth-order valence-corrected chi connectivity index (χ4v) is 4.44. The van der Waals surface area contributed by atoms with Crippen molar-refractivity contribution in [3.8, 4) is 0 Å². The van der Waals surface area contributed by atoms with Crippen LogP contribution >= 0.6 is 0 Å². The molecule has 0 spiro atoms. The maximum atomic E-state index is 12.5. The van der Waals surface area contributed by atoms with Crippen molar-refractivity contribution in [2.45, 2.75) is 51.5 Å². The number of hydrogen-bond acceptors (Lipinski definition) is 3. The van der Waals surface area contributed by atoms with Crippen LogP contribution in [0.15, 0.2) is 11.0 Å². The lowest BCUT2D eigenvalue weighted by atomic mass is 10.1. The molecule has 2 atom stereocenters. The molecule has 2 unspecified atom stereocenters. The lowest BCUT2D eigenvalue weighted by Crippen LogP contribution is -2.28. The Bertz CT molecular complexity index is 582. The molecule has 0 heterocycles. The molecule has 1 aliphatic rings. The Balaban J connectivity index is 2.41. The molecule has 1 saturated carbocycles. The van der Waals surface area contributed by atoms with Crippen molar-refractivity contribution in [3.05, 3.63) is 22.8 Å². The zero-order valence-electron chi connectivity index (χ0n) is 11.9. The fourth-order valence-electron chi connectivity index (χ4n) is 2.55. The van der Waals surface area contributed by atoms with Crippen LogP contribution in [0, 0.1) is 26.7 Å². The minimum Gasteiger partial charge on any atom is -0.398 e. The molecule has 1 aromatic carbocycles. The summed E-state index contributed by atoms with van der Waals surface area (Å²) in [4.78, 5) is 0.353. The third-order valence-electron chi connectivity index (χ3n) is 4.10. The molecule has 0 aromatic heterocycles. The molecule has 1 fully saturated rings. The number of rotatable bonds is 4. The highest BCUT2D eigenvalue weighted by molar-refractivity contribution is 7.89. The second kappa shape index (κ2) is 4.80. The van der Waals surface area contributed by atoms with Gasteiger partial charge >= 0.3 is 0 Å². The quantitative estimate of drug-likeness (QED) is 0.832. The van der Waals surface area contributed by atoms with Crippen molar-refractivity contribution in [2.24, 2.45) is 5.92 Å². The first-order chi connectivity index (χ1) is 8.77. The first kappa shape index (κ1) is 14.3. The van der Waals surface area contributed by atoms with E-state index in [4.69, 9.17) is 5.73 Å². The van der Waals surface area contributed by atoms with Crippen LogP contribution in [0.25, 0.3) is 0 Å². The second-order valence-electron chi connectivity index (χ2n) is 5.49. The van der Waals surface area contributed by atoms with Gasteiger partial charge < -0.3 is 5.73 Å². The van der Waals surface area contributed by atoms with Gasteiger partial charge in [-0.3, -0.25) is 0 Å². The first-order valence-electron chi connectivity index (χ1n) is 6.66. The van der Waals surface area contributed by atoms with Crippen LogP contribution in [0.2, 0.25) is 0 Å². The van der Waals surface area contributed by atoms with E-state index in [2.05, 4.69) is 11.6 Å². The Kier molecular flexibility index (Phi) is 3.62. The normalized spacial score (nSPS) is 22.5. The van der Waals surface area contributed by atoms with Crippen LogP contribution in [-0.2, 0) is 10.0 Å². The molecule has 3 N–H and O–H groups in total. The Morgan fingerprint density at radius 2 is 1.95 bits per heavy atom. The van der Waals surface area contributed by atoms with Crippen LogP contribution < -0.4 is 10.5 Å². The third kappa shape index (κ3) is 2.62. The van der Waals surface area contributed by atoms with E-state index in [-0.39, 0.29) is 6.04 Å². The number of nitrogens with one attached hydrogen (secondary N) is 1. The van der Waals surface area contributed by atoms with Crippen molar-refractivity contribution in [2.75, 3.05) is 5.73 Å². The van der Waals surface area contributed by atoms with Gasteiger partial charge in [0.25, 0.3) is 0 Å². The summed E-state index contributed by atoms with van der Waals surface area (Å²) < 4.78 is 27.8. The molecule has 0 radical (unpaired) electrons. The molecule has 2 rings (SSSR count). The van der Waals surface area contributed by atoms with Gasteiger partial charge in [0.15, 0.2) is 0 Å². The Hall–Kier alpha value is -1.07. The van der Waals surface area contributed by atoms with Gasteiger partial charge in [-0.1, -0.05) is 13.3 Å². The number of nitrogens with two attached hydrogens (primary N) is 1. The summed E-state index contributed by atoms with van der Waals surface area (Å²) in [5, 5.41) is 0. The van der Waals surface area contributed by atoms with E-state index in [0.717, 1.165) is 24.0 Å². The lowest BCUT2D eigenvalue weighted by molar-refractivity contribution is 0.574. The summed E-state index contributed by atoms with van der Waals surface area (Å²) in [6.45, 7) is 7.57. The standard InChI is InChI=1S/C14H22N2O2S/c1-5-11-7-13(11)16-19(17,18)14-9(3)8(2)6-12(15)10(14)4/h6,11,13,16H,5,7,15H2,1-4H3. The van der Waals surface area contributed by atoms with E-state index in [1.807, 2.05) is 19.9 Å². The van der Waals surface area contributed by atoms with E-state index in [1.54, 1.807) is 6.92 Å². The summed E-state index contributed by atoms with van der Waals surface area (Å²) in [7, 11) is -3.48. The molecular weight excluding hydrogens is 260 g/mol. The predicted octanol–water partition coefficient (Wildman–Crippen LogP) is 2.27. The van der Waals surface area contributed by atoms with E-state index < -0.39 is 10.0 Å². The van der Waals surface area contributed by atoms with Gasteiger partial charge in [-0.25, -0.2) is 13.1 Å². The Labute approximate surface area is 115 Å². The molecule has 4 nitrogen and oxygen atoms in total. The van der Waals surface area contributed by atoms with Gasteiger partial charge in [0.2, 0.25) is 10.0 Å². The summed E-state index contributed by atoms with van der Waals surface area (Å²) >= 11 is 0. The second-order valence-corrected chi connectivity index (χ2v) is 7.14. The van der Waals surface area contributed by atoms with Crippen molar-refractivity contribution >= 4 is 15.7 Å². The zero-order valence-corrected chi connectivity index (χ0v) is 12.8. The Morgan fingerprint density at radius 3 is 2.47 bits per heavy atom. The number of nitrogen functional groups attached to an aromatic ring is 1. The summed E-state index contributed by atoms with van der Waals surface area (Å²) in [5.41, 5.74) is 8.76. The first-order valence-corrected chi connectivity index (χ1v) is 8.14. The van der Waals surface area contributed by atoms with Crippen LogP contribution in [0.1, 0.15) is 36.5 Å². The van der Waals surface area contributed by atoms with E-state index >= 15 is 0 Å². The summed E-state index contributed by atoms with van der Waals surface area (Å²) in [6, 6.07) is 1.92. The molecule has 0 bridgehead atoms. The van der Waals surface area contributed by atoms with Crippen LogP contribution in [0.4, 0.5) is 5.69 Å². The van der Waals surface area contributed by atoms with E-state index in [1.165, 1.54) is 0 Å². The Morgan fingerprint density at radius 1 is 1.32 bits per heavy atom. The number of sulfonamides is 1. The minimum absolute atomic E-state index is 0.0931. The fraction of sp³-hybridized carbons (Fsp3) is 0.571. The smallest absolute Gasteiger partial charge is 0.241 e. The average molecular weight is 282 g/mol. The minimum atomic E-state index is -3.48. The molecule has 1 aliphatic carbocycles. The maximum Gasteiger partial charge on any atom is 0.241 e. The van der Waals surface area contributed by atoms with Crippen LogP contribution in [0.3, 0.4) is 0 Å². The summed E-state index contributed by atoms with van der Waals surface area (Å²) in [6.07, 6.45) is 1.95. The van der Waals surface area contributed by atoms with Crippen LogP contribution in [-0.4, -0.2) is 14.5 Å².